The molecule has 1 aliphatic rings. The first-order valence-electron chi connectivity index (χ1n) is 7.40. The summed E-state index contributed by atoms with van der Waals surface area (Å²) in [5.41, 5.74) is 2.49. The first-order chi connectivity index (χ1) is 10.6. The fourth-order valence-electron chi connectivity index (χ4n) is 2.85. The molecule has 2 aromatic rings. The lowest BCUT2D eigenvalue weighted by Crippen LogP contribution is -3.13. The maximum atomic E-state index is 6.09. The highest BCUT2D eigenvalue weighted by atomic mass is 35.5. The van der Waals surface area contributed by atoms with Crippen molar-refractivity contribution in [1.29, 1.82) is 0 Å². The molecule has 3 rings (SSSR count). The van der Waals surface area contributed by atoms with E-state index in [4.69, 9.17) is 34.8 Å². The van der Waals surface area contributed by atoms with E-state index >= 15 is 0 Å². The Hall–Kier alpha value is -0.930. The summed E-state index contributed by atoms with van der Waals surface area (Å²) in [4.78, 5) is 3.98. The van der Waals surface area contributed by atoms with Crippen molar-refractivity contribution in [3.63, 3.8) is 0 Å². The molecule has 1 saturated heterocycles. The molecule has 1 aliphatic heterocycles. The summed E-state index contributed by atoms with van der Waals surface area (Å²) in [6.45, 7) is 5.33. The van der Waals surface area contributed by atoms with E-state index < -0.39 is 0 Å². The highest BCUT2D eigenvalue weighted by Gasteiger charge is 2.20. The second-order valence-electron chi connectivity index (χ2n) is 5.64. The molecule has 0 aromatic heterocycles. The lowest BCUT2D eigenvalue weighted by Gasteiger charge is -2.33. The maximum Gasteiger partial charge on any atom is 0.103 e. The summed E-state index contributed by atoms with van der Waals surface area (Å²) < 4.78 is 0. The molecule has 2 nitrogen and oxygen atoms in total. The molecule has 0 atom stereocenters. The number of halogens is 3. The molecule has 116 valence electrons. The summed E-state index contributed by atoms with van der Waals surface area (Å²) in [7, 11) is 0. The van der Waals surface area contributed by atoms with Gasteiger partial charge in [0.1, 0.15) is 6.54 Å². The number of benzene rings is 2. The smallest absolute Gasteiger partial charge is 0.103 e. The third-order valence-corrected chi connectivity index (χ3v) is 5.09. The standard InChI is InChI=1S/C17H17Cl3N2/c18-14-2-4-15(5-3-14)22-9-7-21(8-10-22)12-13-1-6-16(19)17(20)11-13/h1-6,11H,7-10,12H2/p+1. The fourth-order valence-corrected chi connectivity index (χ4v) is 3.29. The van der Waals surface area contributed by atoms with E-state index in [0.29, 0.717) is 10.0 Å². The van der Waals surface area contributed by atoms with Gasteiger partial charge in [0.15, 0.2) is 0 Å². The van der Waals surface area contributed by atoms with Gasteiger partial charge in [0, 0.05) is 16.3 Å². The molecule has 0 saturated carbocycles. The van der Waals surface area contributed by atoms with Crippen LogP contribution in [0.25, 0.3) is 0 Å². The molecule has 0 bridgehead atoms. The Labute approximate surface area is 146 Å². The van der Waals surface area contributed by atoms with Gasteiger partial charge < -0.3 is 9.80 Å². The van der Waals surface area contributed by atoms with Crippen molar-refractivity contribution in [3.05, 3.63) is 63.1 Å². The van der Waals surface area contributed by atoms with Gasteiger partial charge in [0.25, 0.3) is 0 Å². The summed E-state index contributed by atoms with van der Waals surface area (Å²) in [6, 6.07) is 14.0. The third-order valence-electron chi connectivity index (χ3n) is 4.10. The van der Waals surface area contributed by atoms with Crippen molar-refractivity contribution >= 4 is 40.5 Å². The van der Waals surface area contributed by atoms with E-state index in [9.17, 15) is 0 Å². The molecule has 5 heteroatoms. The molecule has 0 amide bonds. The second-order valence-corrected chi connectivity index (χ2v) is 6.89. The zero-order chi connectivity index (χ0) is 15.5. The van der Waals surface area contributed by atoms with Crippen molar-refractivity contribution < 1.29 is 4.90 Å². The first-order valence-corrected chi connectivity index (χ1v) is 8.53. The van der Waals surface area contributed by atoms with Crippen molar-refractivity contribution in [2.24, 2.45) is 0 Å². The topological polar surface area (TPSA) is 7.68 Å². The van der Waals surface area contributed by atoms with Crippen LogP contribution in [-0.4, -0.2) is 26.2 Å². The van der Waals surface area contributed by atoms with Gasteiger partial charge in [-0.2, -0.15) is 0 Å². The van der Waals surface area contributed by atoms with Gasteiger partial charge in [-0.15, -0.1) is 0 Å². The molecule has 0 radical (unpaired) electrons. The van der Waals surface area contributed by atoms with Gasteiger partial charge in [-0.05, 0) is 36.4 Å². The average Bonchev–Trinajstić information content (AvgIpc) is 2.53. The van der Waals surface area contributed by atoms with Crippen molar-refractivity contribution in [2.75, 3.05) is 31.1 Å². The maximum absolute atomic E-state index is 6.09. The number of hydrogen-bond donors (Lipinski definition) is 1. The number of quaternary nitrogens is 1. The van der Waals surface area contributed by atoms with Crippen molar-refractivity contribution in [1.82, 2.24) is 0 Å². The van der Waals surface area contributed by atoms with Crippen LogP contribution in [0.2, 0.25) is 15.1 Å². The molecular formula is C17H18Cl3N2+. The quantitative estimate of drug-likeness (QED) is 0.883. The van der Waals surface area contributed by atoms with Gasteiger partial charge in [0.05, 0.1) is 36.2 Å². The molecule has 0 aliphatic carbocycles. The Balaban J connectivity index is 1.57. The Morgan fingerprint density at radius 2 is 1.55 bits per heavy atom. The minimum atomic E-state index is 0.618. The minimum absolute atomic E-state index is 0.618. The van der Waals surface area contributed by atoms with Gasteiger partial charge in [0.2, 0.25) is 0 Å². The Kier molecular flexibility index (Phi) is 5.14. The van der Waals surface area contributed by atoms with E-state index in [-0.39, 0.29) is 0 Å². The van der Waals surface area contributed by atoms with Crippen LogP contribution in [0.3, 0.4) is 0 Å². The van der Waals surface area contributed by atoms with Gasteiger partial charge in [-0.1, -0.05) is 40.9 Å². The lowest BCUT2D eigenvalue weighted by molar-refractivity contribution is -0.914. The number of anilines is 1. The predicted molar refractivity (Wildman–Crippen MR) is 94.5 cm³/mol. The second kappa shape index (κ2) is 7.10. The molecule has 1 fully saturated rings. The third kappa shape index (κ3) is 3.88. The van der Waals surface area contributed by atoms with Crippen LogP contribution in [0.4, 0.5) is 5.69 Å². The normalized spacial score (nSPS) is 16.0. The number of nitrogens with zero attached hydrogens (tertiary/aromatic N) is 1. The van der Waals surface area contributed by atoms with Crippen LogP contribution in [0, 0.1) is 0 Å². The zero-order valence-electron chi connectivity index (χ0n) is 12.2. The van der Waals surface area contributed by atoms with Crippen LogP contribution in [0.1, 0.15) is 5.56 Å². The molecular weight excluding hydrogens is 339 g/mol. The van der Waals surface area contributed by atoms with E-state index in [0.717, 1.165) is 37.7 Å². The molecule has 1 N–H and O–H groups in total. The first kappa shape index (κ1) is 15.9. The van der Waals surface area contributed by atoms with Crippen LogP contribution in [0.5, 0.6) is 0 Å². The lowest BCUT2D eigenvalue weighted by atomic mass is 10.2. The summed E-state index contributed by atoms with van der Waals surface area (Å²) in [5, 5.41) is 2.04. The molecule has 0 unspecified atom stereocenters. The Bertz CT molecular complexity index is 635. The largest absolute Gasteiger partial charge is 0.360 e. The predicted octanol–water partition coefficient (Wildman–Crippen LogP) is 3.55. The molecule has 1 heterocycles. The summed E-state index contributed by atoms with van der Waals surface area (Å²) in [5.74, 6) is 0. The highest BCUT2D eigenvalue weighted by Crippen LogP contribution is 2.22. The highest BCUT2D eigenvalue weighted by molar-refractivity contribution is 6.42. The van der Waals surface area contributed by atoms with Gasteiger partial charge in [-0.25, -0.2) is 0 Å². The van der Waals surface area contributed by atoms with Gasteiger partial charge in [-0.3, -0.25) is 0 Å². The van der Waals surface area contributed by atoms with Crippen molar-refractivity contribution in [2.45, 2.75) is 6.54 Å². The van der Waals surface area contributed by atoms with Crippen molar-refractivity contribution in [3.8, 4) is 0 Å². The minimum Gasteiger partial charge on any atom is -0.360 e. The Morgan fingerprint density at radius 1 is 0.864 bits per heavy atom. The van der Waals surface area contributed by atoms with E-state index in [1.165, 1.54) is 11.3 Å². The Morgan fingerprint density at radius 3 is 2.18 bits per heavy atom. The summed E-state index contributed by atoms with van der Waals surface area (Å²) in [6.07, 6.45) is 0. The molecule has 0 spiro atoms. The number of piperazine rings is 1. The zero-order valence-corrected chi connectivity index (χ0v) is 14.4. The number of hydrogen-bond acceptors (Lipinski definition) is 1. The number of rotatable bonds is 3. The van der Waals surface area contributed by atoms with E-state index in [1.54, 1.807) is 4.90 Å². The fraction of sp³-hybridized carbons (Fsp3) is 0.294. The van der Waals surface area contributed by atoms with Crippen LogP contribution in [-0.2, 0) is 6.54 Å². The van der Waals surface area contributed by atoms with Crippen LogP contribution >= 0.6 is 34.8 Å². The molecule has 2 aromatic carbocycles. The average molecular weight is 357 g/mol. The van der Waals surface area contributed by atoms with Gasteiger partial charge >= 0.3 is 0 Å². The van der Waals surface area contributed by atoms with Crippen LogP contribution < -0.4 is 9.80 Å². The number of nitrogens with one attached hydrogen (secondary N) is 1. The van der Waals surface area contributed by atoms with E-state index in [2.05, 4.69) is 23.1 Å². The van der Waals surface area contributed by atoms with Crippen LogP contribution in [0.15, 0.2) is 42.5 Å². The molecule has 22 heavy (non-hydrogen) atoms. The monoisotopic (exact) mass is 355 g/mol. The SMILES string of the molecule is Clc1ccc(N2CC[NH+](Cc3ccc(Cl)c(Cl)c3)CC2)cc1. The summed E-state index contributed by atoms with van der Waals surface area (Å²) >= 11 is 18.0. The van der Waals surface area contributed by atoms with E-state index in [1.807, 2.05) is 24.3 Å².